The molecule has 2 N–H and O–H groups in total. The van der Waals surface area contributed by atoms with Crippen LogP contribution in [0.15, 0.2) is 35.1 Å². The number of hydrogen-bond donors (Lipinski definition) is 2. The fourth-order valence-corrected chi connectivity index (χ4v) is 4.34. The molecular formula is C18H20N3O2S+. The van der Waals surface area contributed by atoms with Gasteiger partial charge >= 0.3 is 0 Å². The van der Waals surface area contributed by atoms with Crippen LogP contribution in [0.1, 0.15) is 10.7 Å². The van der Waals surface area contributed by atoms with Gasteiger partial charge in [0.05, 0.1) is 18.6 Å². The maximum Gasteiger partial charge on any atom is 0.260 e. The summed E-state index contributed by atoms with van der Waals surface area (Å²) < 4.78 is 5.39. The number of rotatable bonds is 3. The molecule has 3 aromatic rings. The number of benzene rings is 1. The van der Waals surface area contributed by atoms with E-state index < -0.39 is 0 Å². The Labute approximate surface area is 143 Å². The fourth-order valence-electron chi connectivity index (χ4n) is 3.27. The lowest BCUT2D eigenvalue weighted by molar-refractivity contribution is -0.922. The average molecular weight is 342 g/mol. The van der Waals surface area contributed by atoms with Crippen LogP contribution in [0.5, 0.6) is 0 Å². The van der Waals surface area contributed by atoms with Crippen molar-refractivity contribution in [2.45, 2.75) is 13.5 Å². The largest absolute Gasteiger partial charge is 0.370 e. The van der Waals surface area contributed by atoms with Crippen LogP contribution in [-0.2, 0) is 11.3 Å². The normalized spacial score (nSPS) is 15.9. The van der Waals surface area contributed by atoms with Crippen LogP contribution >= 0.6 is 11.3 Å². The SMILES string of the molecule is Cc1sc2nc(C[NH+]3CCOCC3)[nH]c(=O)c2c1-c1ccccc1. The number of H-pyrrole nitrogens is 1. The van der Waals surface area contributed by atoms with E-state index in [-0.39, 0.29) is 5.56 Å². The van der Waals surface area contributed by atoms with Crippen LogP contribution in [0.25, 0.3) is 21.3 Å². The van der Waals surface area contributed by atoms with Gasteiger partial charge in [-0.25, -0.2) is 4.98 Å². The minimum Gasteiger partial charge on any atom is -0.370 e. The Balaban J connectivity index is 1.76. The van der Waals surface area contributed by atoms with Crippen LogP contribution in [0.3, 0.4) is 0 Å². The van der Waals surface area contributed by atoms with Gasteiger partial charge in [-0.05, 0) is 12.5 Å². The highest BCUT2D eigenvalue weighted by atomic mass is 32.1. The lowest BCUT2D eigenvalue weighted by atomic mass is 10.0. The lowest BCUT2D eigenvalue weighted by Gasteiger charge is -2.23. The van der Waals surface area contributed by atoms with Gasteiger partial charge in [0, 0.05) is 10.4 Å². The maximum atomic E-state index is 12.7. The third-order valence-electron chi connectivity index (χ3n) is 4.47. The summed E-state index contributed by atoms with van der Waals surface area (Å²) in [6, 6.07) is 10.1. The summed E-state index contributed by atoms with van der Waals surface area (Å²) in [5, 5.41) is 0.712. The summed E-state index contributed by atoms with van der Waals surface area (Å²) in [6.07, 6.45) is 0. The van der Waals surface area contributed by atoms with E-state index in [0.29, 0.717) is 5.39 Å². The zero-order chi connectivity index (χ0) is 16.5. The second-order valence-electron chi connectivity index (χ2n) is 6.13. The molecule has 0 saturated carbocycles. The zero-order valence-corrected chi connectivity index (χ0v) is 14.4. The summed E-state index contributed by atoms with van der Waals surface area (Å²) in [5.41, 5.74) is 2.04. The van der Waals surface area contributed by atoms with Crippen LogP contribution < -0.4 is 10.5 Å². The van der Waals surface area contributed by atoms with Crippen LogP contribution in [0.4, 0.5) is 0 Å². The van der Waals surface area contributed by atoms with Gasteiger partial charge in [0.15, 0.2) is 5.82 Å². The molecule has 0 bridgehead atoms. The summed E-state index contributed by atoms with van der Waals surface area (Å²) in [5.74, 6) is 0.769. The zero-order valence-electron chi connectivity index (χ0n) is 13.6. The molecule has 6 heteroatoms. The standard InChI is InChI=1S/C18H19N3O2S/c1-12-15(13-5-3-2-4-6-13)16-17(22)19-14(20-18(16)24-12)11-21-7-9-23-10-8-21/h2-6H,7-11H2,1H3,(H,19,20,22)/p+1. The number of ether oxygens (including phenoxy) is 1. The number of nitrogens with one attached hydrogen (secondary N) is 2. The molecule has 0 radical (unpaired) electrons. The van der Waals surface area contributed by atoms with E-state index in [1.54, 1.807) is 11.3 Å². The molecule has 5 nitrogen and oxygen atoms in total. The molecule has 124 valence electrons. The van der Waals surface area contributed by atoms with E-state index in [9.17, 15) is 4.79 Å². The van der Waals surface area contributed by atoms with Crippen molar-refractivity contribution in [1.82, 2.24) is 9.97 Å². The van der Waals surface area contributed by atoms with Crippen LogP contribution in [0, 0.1) is 6.92 Å². The highest BCUT2D eigenvalue weighted by molar-refractivity contribution is 7.19. The number of aromatic nitrogens is 2. The van der Waals surface area contributed by atoms with Crippen LogP contribution in [-0.4, -0.2) is 36.3 Å². The molecule has 1 saturated heterocycles. The molecular weight excluding hydrogens is 322 g/mol. The van der Waals surface area contributed by atoms with Gasteiger partial charge in [-0.3, -0.25) is 4.79 Å². The Morgan fingerprint density at radius 3 is 2.75 bits per heavy atom. The number of morpholine rings is 1. The number of hydrogen-bond acceptors (Lipinski definition) is 4. The fraction of sp³-hybridized carbons (Fsp3) is 0.333. The third-order valence-corrected chi connectivity index (χ3v) is 5.47. The molecule has 2 aromatic heterocycles. The van der Waals surface area contributed by atoms with Crippen molar-refractivity contribution in [3.8, 4) is 11.1 Å². The van der Waals surface area contributed by atoms with Gasteiger partial charge in [0.2, 0.25) is 0 Å². The van der Waals surface area contributed by atoms with Gasteiger partial charge in [-0.15, -0.1) is 11.3 Å². The summed E-state index contributed by atoms with van der Waals surface area (Å²) in [7, 11) is 0. The van der Waals surface area contributed by atoms with Crippen molar-refractivity contribution in [1.29, 1.82) is 0 Å². The highest BCUT2D eigenvalue weighted by Crippen LogP contribution is 2.35. The molecule has 1 fully saturated rings. The average Bonchev–Trinajstić information content (AvgIpc) is 2.93. The summed E-state index contributed by atoms with van der Waals surface area (Å²) in [6.45, 7) is 6.27. The van der Waals surface area contributed by atoms with Crippen molar-refractivity contribution in [3.63, 3.8) is 0 Å². The molecule has 0 atom stereocenters. The van der Waals surface area contributed by atoms with Crippen LogP contribution in [0.2, 0.25) is 0 Å². The van der Waals surface area contributed by atoms with Gasteiger partial charge in [-0.1, -0.05) is 30.3 Å². The third kappa shape index (κ3) is 2.88. The van der Waals surface area contributed by atoms with E-state index in [4.69, 9.17) is 9.72 Å². The quantitative estimate of drug-likeness (QED) is 0.756. The highest BCUT2D eigenvalue weighted by Gasteiger charge is 2.19. The number of nitrogens with zero attached hydrogens (tertiary/aromatic N) is 1. The number of fused-ring (bicyclic) bond motifs is 1. The van der Waals surface area contributed by atoms with Crippen molar-refractivity contribution in [2.75, 3.05) is 26.3 Å². The molecule has 0 amide bonds. The smallest absolute Gasteiger partial charge is 0.260 e. The molecule has 1 aromatic carbocycles. The molecule has 24 heavy (non-hydrogen) atoms. The Kier molecular flexibility index (Phi) is 4.18. The molecule has 1 aliphatic rings. The van der Waals surface area contributed by atoms with Crippen molar-refractivity contribution >= 4 is 21.6 Å². The van der Waals surface area contributed by atoms with E-state index in [1.807, 2.05) is 30.3 Å². The second-order valence-corrected chi connectivity index (χ2v) is 7.33. The van der Waals surface area contributed by atoms with Gasteiger partial charge in [-0.2, -0.15) is 0 Å². The van der Waals surface area contributed by atoms with Crippen molar-refractivity contribution < 1.29 is 9.64 Å². The first-order valence-corrected chi connectivity index (χ1v) is 9.03. The topological polar surface area (TPSA) is 59.4 Å². The summed E-state index contributed by atoms with van der Waals surface area (Å²) >= 11 is 1.60. The number of aryl methyl sites for hydroxylation is 1. The first-order valence-electron chi connectivity index (χ1n) is 8.21. The molecule has 0 spiro atoms. The van der Waals surface area contributed by atoms with E-state index >= 15 is 0 Å². The monoisotopic (exact) mass is 342 g/mol. The molecule has 1 aliphatic heterocycles. The van der Waals surface area contributed by atoms with Gasteiger partial charge in [0.25, 0.3) is 5.56 Å². The number of thiophene rings is 1. The Bertz CT molecular complexity index is 911. The van der Waals surface area contributed by atoms with Crippen molar-refractivity contribution in [2.24, 2.45) is 0 Å². The Morgan fingerprint density at radius 1 is 1.25 bits per heavy atom. The minimum absolute atomic E-state index is 0.0362. The molecule has 0 unspecified atom stereocenters. The van der Waals surface area contributed by atoms with Gasteiger partial charge < -0.3 is 14.6 Å². The van der Waals surface area contributed by atoms with Gasteiger partial charge in [0.1, 0.15) is 24.5 Å². The Hall–Kier alpha value is -2.02. The number of aromatic amines is 1. The first kappa shape index (κ1) is 15.5. The summed E-state index contributed by atoms with van der Waals surface area (Å²) in [4.78, 5) is 23.8. The molecule has 4 rings (SSSR count). The van der Waals surface area contributed by atoms with E-state index in [2.05, 4.69) is 11.9 Å². The Morgan fingerprint density at radius 2 is 2.00 bits per heavy atom. The van der Waals surface area contributed by atoms with Crippen molar-refractivity contribution in [3.05, 3.63) is 51.4 Å². The predicted molar refractivity (Wildman–Crippen MR) is 95.6 cm³/mol. The lowest BCUT2D eigenvalue weighted by Crippen LogP contribution is -3.12. The number of quaternary nitrogens is 1. The first-order chi connectivity index (χ1) is 11.7. The molecule has 0 aliphatic carbocycles. The van der Waals surface area contributed by atoms with E-state index in [0.717, 1.165) is 59.5 Å². The second kappa shape index (κ2) is 6.47. The maximum absolute atomic E-state index is 12.7. The minimum atomic E-state index is -0.0362. The molecule has 3 heterocycles. The van der Waals surface area contributed by atoms with E-state index in [1.165, 1.54) is 4.90 Å². The predicted octanol–water partition coefficient (Wildman–Crippen LogP) is 1.38.